The average Bonchev–Trinajstić information content (AvgIpc) is 2.41. The Kier molecular flexibility index (Phi) is 3.39. The molecule has 5 nitrogen and oxygen atoms in total. The summed E-state index contributed by atoms with van der Waals surface area (Å²) in [5.41, 5.74) is 9.18. The van der Waals surface area contributed by atoms with Crippen LogP contribution in [0.1, 0.15) is 16.7 Å². The van der Waals surface area contributed by atoms with Gasteiger partial charge in [-0.1, -0.05) is 12.1 Å². The smallest absolute Gasteiger partial charge is 0.166 e. The van der Waals surface area contributed by atoms with Gasteiger partial charge in [0.15, 0.2) is 5.82 Å². The second-order valence-corrected chi connectivity index (χ2v) is 3.89. The number of nitriles is 1. The van der Waals surface area contributed by atoms with Crippen LogP contribution in [0.2, 0.25) is 0 Å². The molecule has 0 radical (unpaired) electrons. The van der Waals surface area contributed by atoms with Crippen molar-refractivity contribution in [3.8, 4) is 6.07 Å². The van der Waals surface area contributed by atoms with E-state index in [-0.39, 0.29) is 0 Å². The predicted molar refractivity (Wildman–Crippen MR) is 69.7 cm³/mol. The van der Waals surface area contributed by atoms with Crippen LogP contribution in [0.25, 0.3) is 0 Å². The number of hydrogen-bond donors (Lipinski definition) is 2. The van der Waals surface area contributed by atoms with Gasteiger partial charge < -0.3 is 11.1 Å². The van der Waals surface area contributed by atoms with Crippen LogP contribution in [0.4, 0.5) is 11.5 Å². The third kappa shape index (κ3) is 2.38. The van der Waals surface area contributed by atoms with E-state index in [0.29, 0.717) is 17.9 Å². The maximum Gasteiger partial charge on any atom is 0.166 e. The maximum atomic E-state index is 8.94. The van der Waals surface area contributed by atoms with Crippen LogP contribution < -0.4 is 11.1 Å². The van der Waals surface area contributed by atoms with Crippen molar-refractivity contribution in [2.45, 2.75) is 13.5 Å². The first-order chi connectivity index (χ1) is 8.72. The highest BCUT2D eigenvalue weighted by Crippen LogP contribution is 2.17. The number of rotatable bonds is 3. The van der Waals surface area contributed by atoms with Crippen molar-refractivity contribution in [3.05, 3.63) is 47.2 Å². The quantitative estimate of drug-likeness (QED) is 0.798. The van der Waals surface area contributed by atoms with Crippen LogP contribution in [0, 0.1) is 18.3 Å². The second kappa shape index (κ2) is 5.15. The Bertz CT molecular complexity index is 601. The molecule has 0 unspecified atom stereocenters. The van der Waals surface area contributed by atoms with E-state index in [1.165, 1.54) is 6.20 Å². The number of aromatic nitrogens is 2. The molecule has 0 spiro atoms. The topological polar surface area (TPSA) is 87.6 Å². The van der Waals surface area contributed by atoms with E-state index < -0.39 is 0 Å². The van der Waals surface area contributed by atoms with Gasteiger partial charge in [-0.05, 0) is 30.2 Å². The summed E-state index contributed by atoms with van der Waals surface area (Å²) in [4.78, 5) is 0. The second-order valence-electron chi connectivity index (χ2n) is 3.89. The van der Waals surface area contributed by atoms with Crippen LogP contribution in [-0.2, 0) is 6.54 Å². The molecule has 2 aromatic rings. The van der Waals surface area contributed by atoms with Gasteiger partial charge in [0.1, 0.15) is 6.07 Å². The molecule has 1 heterocycles. The summed E-state index contributed by atoms with van der Waals surface area (Å²) < 4.78 is 0. The van der Waals surface area contributed by atoms with E-state index in [0.717, 1.165) is 16.8 Å². The van der Waals surface area contributed by atoms with E-state index in [1.807, 2.05) is 25.1 Å². The molecule has 18 heavy (non-hydrogen) atoms. The normalized spacial score (nSPS) is 9.78. The fraction of sp³-hybridized carbons (Fsp3) is 0.154. The molecule has 0 bridgehead atoms. The third-order valence-electron chi connectivity index (χ3n) is 2.78. The molecular formula is C13H13N5. The first kappa shape index (κ1) is 11.9. The van der Waals surface area contributed by atoms with Gasteiger partial charge in [0.2, 0.25) is 0 Å². The fourth-order valence-corrected chi connectivity index (χ4v) is 1.63. The summed E-state index contributed by atoms with van der Waals surface area (Å²) in [6.07, 6.45) is 1.50. The van der Waals surface area contributed by atoms with E-state index in [1.54, 1.807) is 6.07 Å². The zero-order chi connectivity index (χ0) is 13.0. The summed E-state index contributed by atoms with van der Waals surface area (Å²) in [6, 6.07) is 9.45. The molecule has 0 atom stereocenters. The Morgan fingerprint density at radius 2 is 2.22 bits per heavy atom. The standard InChI is InChI=1S/C13H13N5/c1-9-11(3-2-4-12(9)15)8-16-13-10(7-14)5-6-17-18-13/h2-6H,8,15H2,1H3,(H,16,18). The molecule has 1 aromatic carbocycles. The summed E-state index contributed by atoms with van der Waals surface area (Å²) >= 11 is 0. The van der Waals surface area contributed by atoms with Gasteiger partial charge in [-0.25, -0.2) is 0 Å². The molecule has 90 valence electrons. The van der Waals surface area contributed by atoms with E-state index >= 15 is 0 Å². The molecule has 0 aliphatic carbocycles. The van der Waals surface area contributed by atoms with Crippen LogP contribution in [0.5, 0.6) is 0 Å². The highest BCUT2D eigenvalue weighted by Gasteiger charge is 2.05. The Morgan fingerprint density at radius 1 is 1.39 bits per heavy atom. The highest BCUT2D eigenvalue weighted by molar-refractivity contribution is 5.53. The summed E-state index contributed by atoms with van der Waals surface area (Å²) in [7, 11) is 0. The highest BCUT2D eigenvalue weighted by atomic mass is 15.2. The number of anilines is 2. The van der Waals surface area contributed by atoms with Gasteiger partial charge in [0, 0.05) is 12.2 Å². The average molecular weight is 239 g/mol. The molecule has 0 aliphatic rings. The predicted octanol–water partition coefficient (Wildman–Crippen LogP) is 1.85. The number of nitrogens with two attached hydrogens (primary N) is 1. The number of hydrogen-bond acceptors (Lipinski definition) is 5. The van der Waals surface area contributed by atoms with Crippen LogP contribution in [0.15, 0.2) is 30.5 Å². The molecule has 0 saturated heterocycles. The molecule has 0 saturated carbocycles. The van der Waals surface area contributed by atoms with Crippen LogP contribution in [-0.4, -0.2) is 10.2 Å². The fourth-order valence-electron chi connectivity index (χ4n) is 1.63. The van der Waals surface area contributed by atoms with Crippen LogP contribution >= 0.6 is 0 Å². The number of nitrogens with one attached hydrogen (secondary N) is 1. The molecule has 0 fully saturated rings. The lowest BCUT2D eigenvalue weighted by Crippen LogP contribution is -2.06. The molecule has 0 amide bonds. The first-order valence-corrected chi connectivity index (χ1v) is 5.52. The van der Waals surface area contributed by atoms with Crippen molar-refractivity contribution in [1.29, 1.82) is 5.26 Å². The molecule has 5 heteroatoms. The lowest BCUT2D eigenvalue weighted by Gasteiger charge is -2.10. The van der Waals surface area contributed by atoms with E-state index in [2.05, 4.69) is 21.6 Å². The lowest BCUT2D eigenvalue weighted by atomic mass is 10.1. The van der Waals surface area contributed by atoms with Crippen molar-refractivity contribution in [2.75, 3.05) is 11.1 Å². The van der Waals surface area contributed by atoms with Crippen molar-refractivity contribution in [1.82, 2.24) is 10.2 Å². The summed E-state index contributed by atoms with van der Waals surface area (Å²) in [5.74, 6) is 0.488. The van der Waals surface area contributed by atoms with Gasteiger partial charge in [0.05, 0.1) is 11.8 Å². The molecule has 0 aliphatic heterocycles. The minimum absolute atomic E-state index is 0.478. The molecule has 1 aromatic heterocycles. The number of benzene rings is 1. The monoisotopic (exact) mass is 239 g/mol. The van der Waals surface area contributed by atoms with E-state index in [9.17, 15) is 0 Å². The minimum atomic E-state index is 0.478. The zero-order valence-corrected chi connectivity index (χ0v) is 10.0. The summed E-state index contributed by atoms with van der Waals surface area (Å²) in [6.45, 7) is 2.53. The number of nitrogen functional groups attached to an aromatic ring is 1. The van der Waals surface area contributed by atoms with Gasteiger partial charge in [-0.15, -0.1) is 5.10 Å². The number of nitrogens with zero attached hydrogens (tertiary/aromatic N) is 3. The third-order valence-corrected chi connectivity index (χ3v) is 2.78. The van der Waals surface area contributed by atoms with Crippen molar-refractivity contribution in [2.24, 2.45) is 0 Å². The molecular weight excluding hydrogens is 226 g/mol. The first-order valence-electron chi connectivity index (χ1n) is 5.52. The van der Waals surface area contributed by atoms with E-state index in [4.69, 9.17) is 11.0 Å². The maximum absolute atomic E-state index is 8.94. The molecule has 2 rings (SSSR count). The zero-order valence-electron chi connectivity index (χ0n) is 10.0. The lowest BCUT2D eigenvalue weighted by molar-refractivity contribution is 0.991. The minimum Gasteiger partial charge on any atom is -0.399 e. The van der Waals surface area contributed by atoms with Crippen LogP contribution in [0.3, 0.4) is 0 Å². The SMILES string of the molecule is Cc1c(N)cccc1CNc1nnccc1C#N. The molecule has 3 N–H and O–H groups in total. The van der Waals surface area contributed by atoms with Gasteiger partial charge in [0.25, 0.3) is 0 Å². The van der Waals surface area contributed by atoms with Gasteiger partial charge in [-0.3, -0.25) is 0 Å². The Labute approximate surface area is 105 Å². The van der Waals surface area contributed by atoms with Crippen molar-refractivity contribution < 1.29 is 0 Å². The van der Waals surface area contributed by atoms with Gasteiger partial charge >= 0.3 is 0 Å². The largest absolute Gasteiger partial charge is 0.399 e. The Hall–Kier alpha value is -2.61. The van der Waals surface area contributed by atoms with Crippen molar-refractivity contribution in [3.63, 3.8) is 0 Å². The van der Waals surface area contributed by atoms with Crippen molar-refractivity contribution >= 4 is 11.5 Å². The Balaban J connectivity index is 2.17. The summed E-state index contributed by atoms with van der Waals surface area (Å²) in [5, 5.41) is 19.7. The van der Waals surface area contributed by atoms with Gasteiger partial charge in [-0.2, -0.15) is 10.4 Å². The Morgan fingerprint density at radius 3 is 3.00 bits per heavy atom.